The van der Waals surface area contributed by atoms with E-state index in [4.69, 9.17) is 5.11 Å². The number of carboxylic acids is 1. The molecule has 4 nitrogen and oxygen atoms in total. The molecule has 0 saturated heterocycles. The molecule has 2 atom stereocenters. The standard InChI is InChI=1S/C14H16FNO3/c1-16(10-5-2-4-9(15)8-10)13(17)11-6-3-7-12(11)14(18)19/h2,4-5,8,11-12H,3,6-7H2,1H3,(H,18,19). The fraction of sp³-hybridized carbons (Fsp3) is 0.429. The molecule has 5 heteroatoms. The Hall–Kier alpha value is -1.91. The number of anilines is 1. The van der Waals surface area contributed by atoms with E-state index in [-0.39, 0.29) is 5.91 Å². The van der Waals surface area contributed by atoms with Gasteiger partial charge < -0.3 is 10.0 Å². The normalized spacial score (nSPS) is 22.2. The number of hydrogen-bond acceptors (Lipinski definition) is 2. The fourth-order valence-electron chi connectivity index (χ4n) is 2.61. The molecule has 2 rings (SSSR count). The van der Waals surface area contributed by atoms with Crippen LogP contribution < -0.4 is 4.90 Å². The van der Waals surface area contributed by atoms with Crippen LogP contribution in [0.4, 0.5) is 10.1 Å². The van der Waals surface area contributed by atoms with E-state index in [1.54, 1.807) is 13.1 Å². The number of rotatable bonds is 3. The van der Waals surface area contributed by atoms with Crippen molar-refractivity contribution >= 4 is 17.6 Å². The summed E-state index contributed by atoms with van der Waals surface area (Å²) in [7, 11) is 1.55. The van der Waals surface area contributed by atoms with Crippen LogP contribution in [0.1, 0.15) is 19.3 Å². The van der Waals surface area contributed by atoms with Crippen molar-refractivity contribution in [2.75, 3.05) is 11.9 Å². The van der Waals surface area contributed by atoms with Crippen molar-refractivity contribution in [2.45, 2.75) is 19.3 Å². The third-order valence-corrected chi connectivity index (χ3v) is 3.68. The van der Waals surface area contributed by atoms with Gasteiger partial charge in [-0.25, -0.2) is 4.39 Å². The van der Waals surface area contributed by atoms with Gasteiger partial charge >= 0.3 is 5.97 Å². The lowest BCUT2D eigenvalue weighted by Gasteiger charge is -2.23. The summed E-state index contributed by atoms with van der Waals surface area (Å²) in [6.45, 7) is 0. The van der Waals surface area contributed by atoms with Gasteiger partial charge in [-0.05, 0) is 31.0 Å². The number of carbonyl (C=O) groups is 2. The molecule has 0 spiro atoms. The lowest BCUT2D eigenvalue weighted by Crippen LogP contribution is -2.36. The smallest absolute Gasteiger partial charge is 0.307 e. The zero-order valence-corrected chi connectivity index (χ0v) is 10.7. The molecule has 1 aliphatic rings. The van der Waals surface area contributed by atoms with Crippen LogP contribution in [0, 0.1) is 17.7 Å². The maximum Gasteiger partial charge on any atom is 0.307 e. The first-order valence-electron chi connectivity index (χ1n) is 6.26. The van der Waals surface area contributed by atoms with Crippen LogP contribution in [0.25, 0.3) is 0 Å². The van der Waals surface area contributed by atoms with Gasteiger partial charge in [-0.2, -0.15) is 0 Å². The maximum atomic E-state index is 13.1. The summed E-state index contributed by atoms with van der Waals surface area (Å²) in [5.74, 6) is -2.73. The first kappa shape index (κ1) is 13.5. The Morgan fingerprint density at radius 3 is 2.63 bits per heavy atom. The monoisotopic (exact) mass is 265 g/mol. The van der Waals surface area contributed by atoms with Crippen molar-refractivity contribution in [1.82, 2.24) is 0 Å². The zero-order valence-electron chi connectivity index (χ0n) is 10.7. The molecule has 19 heavy (non-hydrogen) atoms. The number of aliphatic carboxylic acids is 1. The number of halogens is 1. The van der Waals surface area contributed by atoms with E-state index >= 15 is 0 Å². The van der Waals surface area contributed by atoms with E-state index in [1.165, 1.54) is 23.1 Å². The summed E-state index contributed by atoms with van der Waals surface area (Å²) in [4.78, 5) is 24.8. The summed E-state index contributed by atoms with van der Waals surface area (Å²) in [5.41, 5.74) is 0.445. The van der Waals surface area contributed by atoms with Crippen LogP contribution >= 0.6 is 0 Å². The summed E-state index contributed by atoms with van der Waals surface area (Å²) in [6.07, 6.45) is 1.85. The Labute approximate surface area is 110 Å². The predicted octanol–water partition coefficient (Wildman–Crippen LogP) is 2.29. The molecular weight excluding hydrogens is 249 g/mol. The molecule has 1 aromatic carbocycles. The highest BCUT2D eigenvalue weighted by Gasteiger charge is 2.39. The van der Waals surface area contributed by atoms with Crippen molar-refractivity contribution in [3.8, 4) is 0 Å². The highest BCUT2D eigenvalue weighted by molar-refractivity contribution is 5.97. The number of amides is 1. The lowest BCUT2D eigenvalue weighted by molar-refractivity contribution is -0.145. The number of carboxylic acid groups (broad SMARTS) is 1. The number of nitrogens with zero attached hydrogens (tertiary/aromatic N) is 1. The van der Waals surface area contributed by atoms with Crippen molar-refractivity contribution in [3.63, 3.8) is 0 Å². The third-order valence-electron chi connectivity index (χ3n) is 3.68. The molecule has 1 fully saturated rings. The van der Waals surface area contributed by atoms with E-state index in [0.717, 1.165) is 6.42 Å². The molecule has 1 aliphatic carbocycles. The summed E-state index contributed by atoms with van der Waals surface area (Å²) in [6, 6.07) is 5.73. The van der Waals surface area contributed by atoms with Crippen molar-refractivity contribution in [1.29, 1.82) is 0 Å². The van der Waals surface area contributed by atoms with Crippen LogP contribution in [0.3, 0.4) is 0 Å². The molecule has 2 unspecified atom stereocenters. The fourth-order valence-corrected chi connectivity index (χ4v) is 2.61. The number of hydrogen-bond donors (Lipinski definition) is 1. The van der Waals surface area contributed by atoms with Gasteiger partial charge in [-0.15, -0.1) is 0 Å². The van der Waals surface area contributed by atoms with Crippen LogP contribution in [-0.4, -0.2) is 24.0 Å². The minimum Gasteiger partial charge on any atom is -0.481 e. The predicted molar refractivity (Wildman–Crippen MR) is 68.3 cm³/mol. The lowest BCUT2D eigenvalue weighted by atomic mass is 9.94. The van der Waals surface area contributed by atoms with Gasteiger partial charge in [0.15, 0.2) is 0 Å². The average Bonchev–Trinajstić information content (AvgIpc) is 2.86. The third kappa shape index (κ3) is 2.75. The Balaban J connectivity index is 2.17. The molecule has 1 saturated carbocycles. The minimum absolute atomic E-state index is 0.254. The van der Waals surface area contributed by atoms with Crippen LogP contribution in [0.15, 0.2) is 24.3 Å². The second-order valence-electron chi connectivity index (χ2n) is 4.86. The van der Waals surface area contributed by atoms with Gasteiger partial charge in [0.25, 0.3) is 0 Å². The molecule has 0 bridgehead atoms. The Morgan fingerprint density at radius 2 is 2.00 bits per heavy atom. The SMILES string of the molecule is CN(C(=O)C1CCCC1C(=O)O)c1cccc(F)c1. The van der Waals surface area contributed by atoms with E-state index in [2.05, 4.69) is 0 Å². The molecule has 102 valence electrons. The quantitative estimate of drug-likeness (QED) is 0.912. The highest BCUT2D eigenvalue weighted by Crippen LogP contribution is 2.34. The molecule has 1 aromatic rings. The maximum absolute atomic E-state index is 13.1. The largest absolute Gasteiger partial charge is 0.481 e. The van der Waals surface area contributed by atoms with E-state index < -0.39 is 23.6 Å². The van der Waals surface area contributed by atoms with Gasteiger partial charge in [0.2, 0.25) is 5.91 Å². The topological polar surface area (TPSA) is 57.6 Å². The average molecular weight is 265 g/mol. The molecule has 0 heterocycles. The molecule has 1 amide bonds. The van der Waals surface area contributed by atoms with Crippen LogP contribution in [-0.2, 0) is 9.59 Å². The van der Waals surface area contributed by atoms with Gasteiger partial charge in [0, 0.05) is 12.7 Å². The highest BCUT2D eigenvalue weighted by atomic mass is 19.1. The van der Waals surface area contributed by atoms with Gasteiger partial charge in [-0.1, -0.05) is 12.5 Å². The van der Waals surface area contributed by atoms with Crippen LogP contribution in [0.5, 0.6) is 0 Å². The van der Waals surface area contributed by atoms with Gasteiger partial charge in [-0.3, -0.25) is 9.59 Å². The van der Waals surface area contributed by atoms with E-state index in [1.807, 2.05) is 0 Å². The first-order chi connectivity index (χ1) is 9.00. The summed E-state index contributed by atoms with van der Waals surface area (Å²) >= 11 is 0. The Kier molecular flexibility index (Phi) is 3.83. The van der Waals surface area contributed by atoms with Crippen molar-refractivity contribution in [2.24, 2.45) is 11.8 Å². The van der Waals surface area contributed by atoms with E-state index in [9.17, 15) is 14.0 Å². The molecule has 0 aliphatic heterocycles. The van der Waals surface area contributed by atoms with Gasteiger partial charge in [0.05, 0.1) is 11.8 Å². The van der Waals surface area contributed by atoms with Crippen molar-refractivity contribution < 1.29 is 19.1 Å². The molecule has 1 N–H and O–H groups in total. The first-order valence-corrected chi connectivity index (χ1v) is 6.26. The second-order valence-corrected chi connectivity index (χ2v) is 4.86. The summed E-state index contributed by atoms with van der Waals surface area (Å²) in [5, 5.41) is 9.10. The molecule has 0 aromatic heterocycles. The molecular formula is C14H16FNO3. The van der Waals surface area contributed by atoms with Gasteiger partial charge in [0.1, 0.15) is 5.82 Å². The number of carbonyl (C=O) groups excluding carboxylic acids is 1. The molecule has 0 radical (unpaired) electrons. The van der Waals surface area contributed by atoms with Crippen molar-refractivity contribution in [3.05, 3.63) is 30.1 Å². The van der Waals surface area contributed by atoms with E-state index in [0.29, 0.717) is 18.5 Å². The van der Waals surface area contributed by atoms with Crippen LogP contribution in [0.2, 0.25) is 0 Å². The Bertz CT molecular complexity index is 503. The Morgan fingerprint density at radius 1 is 1.32 bits per heavy atom. The number of benzene rings is 1. The summed E-state index contributed by atoms with van der Waals surface area (Å²) < 4.78 is 13.1. The zero-order chi connectivity index (χ0) is 14.0. The minimum atomic E-state index is -0.927. The second kappa shape index (κ2) is 5.38.